The molecule has 1 aromatic heterocycles. The lowest BCUT2D eigenvalue weighted by Gasteiger charge is -2.29. The molecule has 0 amide bonds. The molecule has 0 radical (unpaired) electrons. The van der Waals surface area contributed by atoms with Gasteiger partial charge in [0.05, 0.1) is 0 Å². The molecular weight excluding hydrogens is 224 g/mol. The van der Waals surface area contributed by atoms with Crippen molar-refractivity contribution < 1.29 is 0 Å². The number of imidazole rings is 1. The quantitative estimate of drug-likeness (QED) is 0.793. The number of rotatable bonds is 1. The molecule has 3 aliphatic rings. The number of aromatic nitrogens is 2. The van der Waals surface area contributed by atoms with E-state index >= 15 is 0 Å². The third kappa shape index (κ3) is 1.12. The van der Waals surface area contributed by atoms with Crippen LogP contribution in [0.25, 0.3) is 0 Å². The molecule has 2 aliphatic heterocycles. The SMILES string of the molecule is C1=CC2=CC=CC3=CC(c4ncc[nH]4)=NC23N=C1. The van der Waals surface area contributed by atoms with Gasteiger partial charge in [-0.25, -0.2) is 9.98 Å². The smallest absolute Gasteiger partial charge is 0.202 e. The fourth-order valence-electron chi connectivity index (χ4n) is 2.46. The predicted molar refractivity (Wildman–Crippen MR) is 70.8 cm³/mol. The Morgan fingerprint density at radius 3 is 2.94 bits per heavy atom. The van der Waals surface area contributed by atoms with Gasteiger partial charge in [0.2, 0.25) is 5.66 Å². The van der Waals surface area contributed by atoms with E-state index in [1.54, 1.807) is 18.6 Å². The summed E-state index contributed by atoms with van der Waals surface area (Å²) in [6, 6.07) is 0. The fraction of sp³-hybridized carbons (Fsp3) is 0.0714. The van der Waals surface area contributed by atoms with Gasteiger partial charge in [-0.2, -0.15) is 0 Å². The van der Waals surface area contributed by atoms with Crippen LogP contribution in [0.5, 0.6) is 0 Å². The minimum atomic E-state index is -0.578. The summed E-state index contributed by atoms with van der Waals surface area (Å²) in [6.45, 7) is 0. The molecule has 1 atom stereocenters. The molecule has 1 unspecified atom stereocenters. The summed E-state index contributed by atoms with van der Waals surface area (Å²) >= 11 is 0. The lowest BCUT2D eigenvalue weighted by molar-refractivity contribution is 0.651. The highest BCUT2D eigenvalue weighted by molar-refractivity contribution is 6.10. The molecule has 86 valence electrons. The Labute approximate surface area is 104 Å². The Morgan fingerprint density at radius 2 is 2.06 bits per heavy atom. The van der Waals surface area contributed by atoms with Crippen molar-refractivity contribution in [2.45, 2.75) is 5.66 Å². The topological polar surface area (TPSA) is 53.4 Å². The Kier molecular flexibility index (Phi) is 1.73. The summed E-state index contributed by atoms with van der Waals surface area (Å²) in [5.74, 6) is 0.781. The summed E-state index contributed by atoms with van der Waals surface area (Å²) < 4.78 is 0. The Bertz CT molecular complexity index is 683. The number of allylic oxidation sites excluding steroid dienone is 4. The summed E-state index contributed by atoms with van der Waals surface area (Å²) in [7, 11) is 0. The second-order valence-corrected chi connectivity index (χ2v) is 4.33. The van der Waals surface area contributed by atoms with Crippen molar-refractivity contribution in [2.24, 2.45) is 9.98 Å². The van der Waals surface area contributed by atoms with Crippen molar-refractivity contribution >= 4 is 11.9 Å². The lowest BCUT2D eigenvalue weighted by Crippen LogP contribution is -2.29. The van der Waals surface area contributed by atoms with Gasteiger partial charge in [0.25, 0.3) is 0 Å². The number of hydrogen-bond donors (Lipinski definition) is 1. The molecule has 1 aromatic rings. The molecular formula is C14H10N4. The molecule has 4 nitrogen and oxygen atoms in total. The minimum absolute atomic E-state index is 0.578. The maximum absolute atomic E-state index is 4.77. The van der Waals surface area contributed by atoms with E-state index in [0.717, 1.165) is 22.7 Å². The third-order valence-electron chi connectivity index (χ3n) is 3.30. The standard InChI is InChI=1S/C14H10N4/c1-3-10-5-2-6-17-14(10)11(4-1)9-12(18-14)13-15-7-8-16-13/h1-9H,(H,15,16). The van der Waals surface area contributed by atoms with E-state index in [2.05, 4.69) is 33.2 Å². The van der Waals surface area contributed by atoms with Crippen LogP contribution in [0.1, 0.15) is 5.82 Å². The average molecular weight is 234 g/mol. The minimum Gasteiger partial charge on any atom is -0.343 e. The van der Waals surface area contributed by atoms with E-state index in [4.69, 9.17) is 4.99 Å². The van der Waals surface area contributed by atoms with Crippen LogP contribution in [0, 0.1) is 0 Å². The highest BCUT2D eigenvalue weighted by Crippen LogP contribution is 2.41. The number of nitrogens with one attached hydrogen (secondary N) is 1. The maximum Gasteiger partial charge on any atom is 0.202 e. The van der Waals surface area contributed by atoms with Crippen molar-refractivity contribution in [3.8, 4) is 0 Å². The van der Waals surface area contributed by atoms with E-state index in [9.17, 15) is 0 Å². The summed E-state index contributed by atoms with van der Waals surface area (Å²) in [5.41, 5.74) is 2.46. The van der Waals surface area contributed by atoms with Crippen molar-refractivity contribution in [3.63, 3.8) is 0 Å². The van der Waals surface area contributed by atoms with E-state index in [0.29, 0.717) is 0 Å². The zero-order chi connectivity index (χ0) is 12.0. The van der Waals surface area contributed by atoms with Gasteiger partial charge in [0.1, 0.15) is 5.71 Å². The van der Waals surface area contributed by atoms with Crippen LogP contribution in [-0.2, 0) is 0 Å². The van der Waals surface area contributed by atoms with Crippen molar-refractivity contribution in [1.82, 2.24) is 9.97 Å². The van der Waals surface area contributed by atoms with Gasteiger partial charge < -0.3 is 4.98 Å². The summed E-state index contributed by atoms with van der Waals surface area (Å²) in [5, 5.41) is 0. The molecule has 4 rings (SSSR count). The predicted octanol–water partition coefficient (Wildman–Crippen LogP) is 1.97. The zero-order valence-corrected chi connectivity index (χ0v) is 9.54. The van der Waals surface area contributed by atoms with E-state index in [1.807, 2.05) is 18.2 Å². The Balaban J connectivity index is 1.92. The molecule has 3 heterocycles. The second kappa shape index (κ2) is 3.26. The molecule has 0 bridgehead atoms. The third-order valence-corrected chi connectivity index (χ3v) is 3.30. The number of hydrogen-bond acceptors (Lipinski definition) is 3. The number of dihydropyridines is 1. The van der Waals surface area contributed by atoms with Crippen LogP contribution >= 0.6 is 0 Å². The summed E-state index contributed by atoms with van der Waals surface area (Å²) in [4.78, 5) is 16.7. The van der Waals surface area contributed by atoms with Crippen LogP contribution in [-0.4, -0.2) is 27.6 Å². The van der Waals surface area contributed by atoms with Gasteiger partial charge in [0.15, 0.2) is 5.82 Å². The normalized spacial score (nSPS) is 27.4. The number of nitrogens with zero attached hydrogens (tertiary/aromatic N) is 3. The highest BCUT2D eigenvalue weighted by Gasteiger charge is 2.41. The molecule has 0 aromatic carbocycles. The number of aliphatic imine (C=N–C) groups is 2. The second-order valence-electron chi connectivity index (χ2n) is 4.33. The first-order chi connectivity index (χ1) is 8.88. The monoisotopic (exact) mass is 234 g/mol. The first-order valence-corrected chi connectivity index (χ1v) is 5.81. The van der Waals surface area contributed by atoms with Crippen LogP contribution in [0.4, 0.5) is 0 Å². The Hall–Kier alpha value is -2.49. The molecule has 0 saturated heterocycles. The molecule has 1 N–H and O–H groups in total. The van der Waals surface area contributed by atoms with Gasteiger partial charge in [-0.15, -0.1) is 0 Å². The van der Waals surface area contributed by atoms with Crippen LogP contribution in [0.3, 0.4) is 0 Å². The first kappa shape index (κ1) is 9.53. The van der Waals surface area contributed by atoms with Gasteiger partial charge in [-0.1, -0.05) is 24.3 Å². The van der Waals surface area contributed by atoms with E-state index in [1.165, 1.54) is 0 Å². The molecule has 4 heteroatoms. The van der Waals surface area contributed by atoms with Crippen molar-refractivity contribution in [2.75, 3.05) is 0 Å². The van der Waals surface area contributed by atoms with Gasteiger partial charge >= 0.3 is 0 Å². The van der Waals surface area contributed by atoms with Crippen molar-refractivity contribution in [1.29, 1.82) is 0 Å². The first-order valence-electron chi connectivity index (χ1n) is 5.81. The number of aromatic amines is 1. The molecule has 0 fully saturated rings. The highest BCUT2D eigenvalue weighted by atomic mass is 15.1. The molecule has 18 heavy (non-hydrogen) atoms. The van der Waals surface area contributed by atoms with Crippen LogP contribution in [0.15, 0.2) is 70.0 Å². The molecule has 0 saturated carbocycles. The molecule has 1 aliphatic carbocycles. The lowest BCUT2D eigenvalue weighted by atomic mass is 9.87. The summed E-state index contributed by atoms with van der Waals surface area (Å²) in [6.07, 6.45) is 17.5. The largest absolute Gasteiger partial charge is 0.343 e. The van der Waals surface area contributed by atoms with Gasteiger partial charge in [0, 0.05) is 29.8 Å². The maximum atomic E-state index is 4.77. The molecule has 1 spiro atoms. The van der Waals surface area contributed by atoms with Crippen LogP contribution < -0.4 is 0 Å². The van der Waals surface area contributed by atoms with E-state index < -0.39 is 5.66 Å². The van der Waals surface area contributed by atoms with Crippen molar-refractivity contribution in [3.05, 3.63) is 65.8 Å². The fourth-order valence-corrected chi connectivity index (χ4v) is 2.46. The van der Waals surface area contributed by atoms with Gasteiger partial charge in [-0.3, -0.25) is 4.99 Å². The zero-order valence-electron chi connectivity index (χ0n) is 9.54. The van der Waals surface area contributed by atoms with E-state index in [-0.39, 0.29) is 0 Å². The van der Waals surface area contributed by atoms with Gasteiger partial charge in [-0.05, 0) is 12.2 Å². The Morgan fingerprint density at radius 1 is 1.11 bits per heavy atom. The average Bonchev–Trinajstić information content (AvgIpc) is 3.04. The number of H-pyrrole nitrogens is 1. The van der Waals surface area contributed by atoms with Crippen LogP contribution in [0.2, 0.25) is 0 Å².